The summed E-state index contributed by atoms with van der Waals surface area (Å²) in [7, 11) is 0. The molecule has 2 aliphatic heterocycles. The summed E-state index contributed by atoms with van der Waals surface area (Å²) in [4.78, 5) is 2.53. The van der Waals surface area contributed by atoms with E-state index in [1.54, 1.807) is 0 Å². The number of rotatable bonds is 2. The molecule has 1 N–H and O–H groups in total. The standard InChI is InChI=1S/C14H18N4O/c1-2-10(14-13(3-1)16-19-17-14)8-18-7-6-11-4-5-12(9-18)15-11/h1-3,11-12,15H,4-9H2/t11-,12+/m1/s1. The Bertz CT molecular complexity index is 582. The minimum absolute atomic E-state index is 0.669. The second kappa shape index (κ2) is 4.58. The molecule has 1 aromatic heterocycles. The van der Waals surface area contributed by atoms with Crippen molar-refractivity contribution in [3.63, 3.8) is 0 Å². The molecule has 5 nitrogen and oxygen atoms in total. The Balaban J connectivity index is 1.56. The molecule has 19 heavy (non-hydrogen) atoms. The number of likely N-dealkylation sites (tertiary alicyclic amines) is 1. The van der Waals surface area contributed by atoms with E-state index >= 15 is 0 Å². The maximum atomic E-state index is 4.84. The van der Waals surface area contributed by atoms with Crippen molar-refractivity contribution in [3.05, 3.63) is 23.8 Å². The zero-order valence-corrected chi connectivity index (χ0v) is 10.9. The molecule has 1 aromatic carbocycles. The Hall–Kier alpha value is -1.46. The molecule has 0 unspecified atom stereocenters. The van der Waals surface area contributed by atoms with Crippen molar-refractivity contribution in [1.82, 2.24) is 20.5 Å². The predicted molar refractivity (Wildman–Crippen MR) is 71.6 cm³/mol. The molecule has 0 radical (unpaired) electrons. The van der Waals surface area contributed by atoms with Crippen LogP contribution in [0.2, 0.25) is 0 Å². The summed E-state index contributed by atoms with van der Waals surface area (Å²) >= 11 is 0. The number of hydrogen-bond acceptors (Lipinski definition) is 5. The molecule has 2 atom stereocenters. The number of nitrogens with one attached hydrogen (secondary N) is 1. The highest BCUT2D eigenvalue weighted by molar-refractivity contribution is 5.76. The lowest BCUT2D eigenvalue weighted by molar-refractivity contribution is 0.251. The van der Waals surface area contributed by atoms with Gasteiger partial charge in [0.05, 0.1) is 0 Å². The van der Waals surface area contributed by atoms with Gasteiger partial charge in [-0.15, -0.1) is 0 Å². The van der Waals surface area contributed by atoms with Crippen LogP contribution in [0.4, 0.5) is 0 Å². The molecule has 3 heterocycles. The third-order valence-corrected chi connectivity index (χ3v) is 4.37. The van der Waals surface area contributed by atoms with Gasteiger partial charge in [-0.3, -0.25) is 4.90 Å². The molecule has 2 bridgehead atoms. The van der Waals surface area contributed by atoms with Gasteiger partial charge in [0.2, 0.25) is 0 Å². The van der Waals surface area contributed by atoms with Gasteiger partial charge in [0.15, 0.2) is 0 Å². The first-order valence-electron chi connectivity index (χ1n) is 7.07. The van der Waals surface area contributed by atoms with Gasteiger partial charge in [-0.25, -0.2) is 4.63 Å². The van der Waals surface area contributed by atoms with Gasteiger partial charge in [0.25, 0.3) is 0 Å². The molecule has 100 valence electrons. The SMILES string of the molecule is c1cc(CN2CC[C@H]3CC[C@@H](C2)N3)c2nonc2c1. The number of fused-ring (bicyclic) bond motifs is 3. The summed E-state index contributed by atoms with van der Waals surface area (Å²) in [6, 6.07) is 7.51. The highest BCUT2D eigenvalue weighted by Crippen LogP contribution is 2.23. The smallest absolute Gasteiger partial charge is 0.139 e. The number of benzene rings is 1. The van der Waals surface area contributed by atoms with Gasteiger partial charge in [-0.1, -0.05) is 12.1 Å². The van der Waals surface area contributed by atoms with Crippen LogP contribution in [0.5, 0.6) is 0 Å². The lowest BCUT2D eigenvalue weighted by Gasteiger charge is -2.23. The molecule has 0 aliphatic carbocycles. The van der Waals surface area contributed by atoms with Crippen molar-refractivity contribution < 1.29 is 4.63 Å². The Morgan fingerprint density at radius 1 is 1.21 bits per heavy atom. The molecule has 2 aromatic rings. The van der Waals surface area contributed by atoms with Crippen LogP contribution in [0.25, 0.3) is 11.0 Å². The summed E-state index contributed by atoms with van der Waals surface area (Å²) < 4.78 is 4.84. The van der Waals surface area contributed by atoms with Crippen LogP contribution in [0.3, 0.4) is 0 Å². The van der Waals surface area contributed by atoms with Crippen molar-refractivity contribution in [1.29, 1.82) is 0 Å². The van der Waals surface area contributed by atoms with E-state index in [1.807, 2.05) is 12.1 Å². The van der Waals surface area contributed by atoms with Crippen LogP contribution in [0, 0.1) is 0 Å². The summed E-state index contributed by atoms with van der Waals surface area (Å²) in [6.45, 7) is 3.24. The summed E-state index contributed by atoms with van der Waals surface area (Å²) in [6.07, 6.45) is 3.92. The molecule has 0 saturated carbocycles. The molecular weight excluding hydrogens is 240 g/mol. The normalized spacial score (nSPS) is 27.8. The first kappa shape index (κ1) is 11.4. The van der Waals surface area contributed by atoms with Crippen LogP contribution in [0.15, 0.2) is 22.8 Å². The zero-order chi connectivity index (χ0) is 12.7. The van der Waals surface area contributed by atoms with Crippen LogP contribution in [-0.2, 0) is 6.54 Å². The van der Waals surface area contributed by atoms with Crippen molar-refractivity contribution in [2.24, 2.45) is 0 Å². The Morgan fingerprint density at radius 3 is 3.16 bits per heavy atom. The van der Waals surface area contributed by atoms with Crippen molar-refractivity contribution >= 4 is 11.0 Å². The summed E-state index contributed by atoms with van der Waals surface area (Å²) in [5.41, 5.74) is 2.98. The second-order valence-corrected chi connectivity index (χ2v) is 5.71. The van der Waals surface area contributed by atoms with E-state index in [9.17, 15) is 0 Å². The molecule has 2 aliphatic rings. The summed E-state index contributed by atoms with van der Waals surface area (Å²) in [5.74, 6) is 0. The zero-order valence-electron chi connectivity index (χ0n) is 10.9. The third-order valence-electron chi connectivity index (χ3n) is 4.37. The molecule has 0 amide bonds. The van der Waals surface area contributed by atoms with Crippen LogP contribution in [-0.4, -0.2) is 40.4 Å². The minimum Gasteiger partial charge on any atom is -0.310 e. The third kappa shape index (κ3) is 2.13. The number of aromatic nitrogens is 2. The molecule has 0 spiro atoms. The highest BCUT2D eigenvalue weighted by atomic mass is 16.6. The van der Waals surface area contributed by atoms with E-state index < -0.39 is 0 Å². The van der Waals surface area contributed by atoms with E-state index in [4.69, 9.17) is 4.63 Å². The quantitative estimate of drug-likeness (QED) is 0.885. The monoisotopic (exact) mass is 258 g/mol. The Morgan fingerprint density at radius 2 is 2.16 bits per heavy atom. The van der Waals surface area contributed by atoms with Crippen LogP contribution < -0.4 is 5.32 Å². The second-order valence-electron chi connectivity index (χ2n) is 5.71. The Labute approximate surface area is 111 Å². The summed E-state index contributed by atoms with van der Waals surface area (Å²) in [5, 5.41) is 11.7. The fourth-order valence-corrected chi connectivity index (χ4v) is 3.39. The average molecular weight is 258 g/mol. The lowest BCUT2D eigenvalue weighted by atomic mass is 10.1. The fourth-order valence-electron chi connectivity index (χ4n) is 3.39. The fraction of sp³-hybridized carbons (Fsp3) is 0.571. The minimum atomic E-state index is 0.669. The number of hydrogen-bond donors (Lipinski definition) is 1. The maximum absolute atomic E-state index is 4.84. The van der Waals surface area contributed by atoms with Crippen LogP contribution in [0.1, 0.15) is 24.8 Å². The van der Waals surface area contributed by atoms with Gasteiger partial charge >= 0.3 is 0 Å². The van der Waals surface area contributed by atoms with Crippen molar-refractivity contribution in [3.8, 4) is 0 Å². The van der Waals surface area contributed by atoms with Gasteiger partial charge < -0.3 is 5.32 Å². The maximum Gasteiger partial charge on any atom is 0.139 e. The van der Waals surface area contributed by atoms with Gasteiger partial charge in [-0.05, 0) is 41.2 Å². The molecule has 2 saturated heterocycles. The van der Waals surface area contributed by atoms with Gasteiger partial charge in [0, 0.05) is 31.7 Å². The first-order valence-corrected chi connectivity index (χ1v) is 7.07. The topological polar surface area (TPSA) is 54.2 Å². The van der Waals surface area contributed by atoms with Crippen LogP contribution >= 0.6 is 0 Å². The lowest BCUT2D eigenvalue weighted by Crippen LogP contribution is -2.35. The molecule has 5 heteroatoms. The molecule has 2 fully saturated rings. The highest BCUT2D eigenvalue weighted by Gasteiger charge is 2.29. The van der Waals surface area contributed by atoms with E-state index in [1.165, 1.54) is 24.8 Å². The van der Waals surface area contributed by atoms with E-state index in [0.717, 1.165) is 36.7 Å². The van der Waals surface area contributed by atoms with E-state index in [-0.39, 0.29) is 0 Å². The van der Waals surface area contributed by atoms with E-state index in [0.29, 0.717) is 6.04 Å². The Kier molecular flexibility index (Phi) is 2.74. The van der Waals surface area contributed by atoms with E-state index in [2.05, 4.69) is 26.6 Å². The predicted octanol–water partition coefficient (Wildman–Crippen LogP) is 1.55. The largest absolute Gasteiger partial charge is 0.310 e. The molecular formula is C14H18N4O. The van der Waals surface area contributed by atoms with Gasteiger partial charge in [0.1, 0.15) is 11.0 Å². The number of nitrogens with zero attached hydrogens (tertiary/aromatic N) is 3. The van der Waals surface area contributed by atoms with Crippen molar-refractivity contribution in [2.75, 3.05) is 13.1 Å². The van der Waals surface area contributed by atoms with Gasteiger partial charge in [-0.2, -0.15) is 0 Å². The first-order chi connectivity index (χ1) is 9.38. The average Bonchev–Trinajstić information content (AvgIpc) is 2.99. The molecule has 4 rings (SSSR count). The van der Waals surface area contributed by atoms with Crippen molar-refractivity contribution in [2.45, 2.75) is 37.9 Å².